The van der Waals surface area contributed by atoms with Crippen LogP contribution in [0.15, 0.2) is 70.5 Å². The highest BCUT2D eigenvalue weighted by atomic mass is 32.2. The molecule has 2 saturated heterocycles. The number of halogens is 1. The molecule has 4 aliphatic heterocycles. The van der Waals surface area contributed by atoms with Gasteiger partial charge in [-0.05, 0) is 120 Å². The summed E-state index contributed by atoms with van der Waals surface area (Å²) >= 11 is 1.66. The first-order valence-electron chi connectivity index (χ1n) is 24.0. The minimum Gasteiger partial charge on any atom is -0.493 e. The van der Waals surface area contributed by atoms with Crippen molar-refractivity contribution in [2.75, 3.05) is 50.8 Å². The van der Waals surface area contributed by atoms with Gasteiger partial charge in [0.15, 0.2) is 0 Å². The average Bonchev–Trinajstić information content (AvgIpc) is 3.59. The van der Waals surface area contributed by atoms with Crippen LogP contribution in [0.2, 0.25) is 0 Å². The number of piperazine rings is 1. The van der Waals surface area contributed by atoms with Crippen LogP contribution in [0.5, 0.6) is 5.75 Å². The number of benzene rings is 3. The first kappa shape index (κ1) is 50.9. The van der Waals surface area contributed by atoms with E-state index in [1.807, 2.05) is 23.1 Å². The van der Waals surface area contributed by atoms with E-state index in [0.717, 1.165) is 58.7 Å². The molecule has 0 aromatic heterocycles. The Kier molecular flexibility index (Phi) is 18.0. The van der Waals surface area contributed by atoms with Crippen LogP contribution in [0.3, 0.4) is 0 Å². The van der Waals surface area contributed by atoms with E-state index in [2.05, 4.69) is 27.2 Å². The molecule has 5 amide bonds. The zero-order valence-corrected chi connectivity index (χ0v) is 39.2. The lowest BCUT2D eigenvalue weighted by atomic mass is 9.98. The number of anilines is 2. The van der Waals surface area contributed by atoms with E-state index in [9.17, 15) is 53.9 Å². The second-order valence-electron chi connectivity index (χ2n) is 18.3. The van der Waals surface area contributed by atoms with Gasteiger partial charge in [-0.1, -0.05) is 30.0 Å². The number of nitrogens with one attached hydrogen (secondary N) is 1. The summed E-state index contributed by atoms with van der Waals surface area (Å²) in [5, 5.41) is 54.9. The van der Waals surface area contributed by atoms with Crippen molar-refractivity contribution in [3.05, 3.63) is 77.6 Å². The second kappa shape index (κ2) is 24.1. The number of amides is 5. The molecule has 2 fully saturated rings. The van der Waals surface area contributed by atoms with Crippen LogP contribution in [-0.2, 0) is 14.4 Å². The van der Waals surface area contributed by atoms with E-state index in [1.165, 1.54) is 18.2 Å². The van der Waals surface area contributed by atoms with Crippen LogP contribution in [-0.4, -0.2) is 152 Å². The number of piperidine rings is 1. The van der Waals surface area contributed by atoms with E-state index < -0.39 is 60.2 Å². The van der Waals surface area contributed by atoms with Crippen LogP contribution in [0.1, 0.15) is 111 Å². The summed E-state index contributed by atoms with van der Waals surface area (Å²) < 4.78 is 20.0. The van der Waals surface area contributed by atoms with Crippen molar-refractivity contribution in [3.8, 4) is 5.75 Å². The topological polar surface area (TPSA) is 221 Å². The third-order valence-electron chi connectivity index (χ3n) is 13.3. The number of hydrogen-bond donors (Lipinski definition) is 6. The van der Waals surface area contributed by atoms with Crippen molar-refractivity contribution in [2.45, 2.75) is 136 Å². The number of fused-ring (bicyclic) bond motifs is 3. The van der Waals surface area contributed by atoms with Crippen molar-refractivity contribution in [1.29, 1.82) is 0 Å². The molecule has 3 aromatic rings. The Balaban J connectivity index is 0.705. The van der Waals surface area contributed by atoms with Crippen LogP contribution < -0.4 is 15.0 Å². The standard InChI is InChI=1S/C50H64FN5O11S/c51-32-9-20-44-41(31-32)55(39-6-1-2-8-43(39)68-44)25-4-24-53-26-28-54(29-27-53)46(63)22-18-36(60)15-14-34(58)11-10-33(57)12-13-35(59)16-17-37(61)23-30-67-42-7-3-5-38-47(42)50(66)56(49(38)65)40-19-21-45(62)52-48(40)64/h1-3,5-9,20,31,33-37,40,57-61H,4,10-19,21-30H2,(H,52,62,64). The lowest BCUT2D eigenvalue weighted by molar-refractivity contribution is -0.136. The number of imide groups is 2. The van der Waals surface area contributed by atoms with Crippen LogP contribution >= 0.6 is 11.8 Å². The Morgan fingerprint density at radius 1 is 0.706 bits per heavy atom. The van der Waals surface area contributed by atoms with Crippen molar-refractivity contribution < 1.29 is 58.6 Å². The van der Waals surface area contributed by atoms with E-state index in [1.54, 1.807) is 23.9 Å². The summed E-state index contributed by atoms with van der Waals surface area (Å²) in [4.78, 5) is 72.7. The van der Waals surface area contributed by atoms with Gasteiger partial charge in [-0.3, -0.25) is 39.1 Å². The zero-order chi connectivity index (χ0) is 48.3. The maximum absolute atomic E-state index is 14.2. The highest BCUT2D eigenvalue weighted by molar-refractivity contribution is 7.99. The summed E-state index contributed by atoms with van der Waals surface area (Å²) in [6.07, 6.45) is 0.240. The quantitative estimate of drug-likeness (QED) is 0.0680. The number of ether oxygens (including phenoxy) is 1. The summed E-state index contributed by atoms with van der Waals surface area (Å²) in [5.74, 6) is -2.61. The molecule has 68 heavy (non-hydrogen) atoms. The Labute approximate surface area is 400 Å². The van der Waals surface area contributed by atoms with Crippen LogP contribution in [0.25, 0.3) is 0 Å². The summed E-state index contributed by atoms with van der Waals surface area (Å²) in [6, 6.07) is 16.6. The largest absolute Gasteiger partial charge is 0.493 e. The smallest absolute Gasteiger partial charge is 0.266 e. The first-order chi connectivity index (χ1) is 32.7. The molecule has 6 N–H and O–H groups in total. The van der Waals surface area contributed by atoms with Crippen LogP contribution in [0.4, 0.5) is 15.8 Å². The highest BCUT2D eigenvalue weighted by Crippen LogP contribution is 2.48. The van der Waals surface area contributed by atoms with Gasteiger partial charge in [0.2, 0.25) is 17.7 Å². The average molecular weight is 962 g/mol. The molecule has 0 aliphatic carbocycles. The molecular weight excluding hydrogens is 898 g/mol. The Hall–Kier alpha value is -4.95. The fourth-order valence-electron chi connectivity index (χ4n) is 9.33. The molecule has 18 heteroatoms. The van der Waals surface area contributed by atoms with E-state index in [4.69, 9.17) is 4.74 Å². The fourth-order valence-corrected chi connectivity index (χ4v) is 10.4. The SMILES string of the molecule is O=C1CCC(N2C(=O)c3cccc(OCCC(O)CCC(O)CCC(O)CCC(O)CCC(O)CCC(=O)N4CCN(CCCN5c6ccccc6Sc6ccc(F)cc65)CC4)c3C2=O)C(=O)N1. The van der Waals surface area contributed by atoms with E-state index in [0.29, 0.717) is 58.0 Å². The highest BCUT2D eigenvalue weighted by Gasteiger charge is 2.46. The van der Waals surface area contributed by atoms with Gasteiger partial charge in [0.25, 0.3) is 11.8 Å². The predicted molar refractivity (Wildman–Crippen MR) is 251 cm³/mol. The normalized spacial score (nSPS) is 19.5. The molecule has 6 unspecified atom stereocenters. The number of aliphatic hydroxyl groups excluding tert-OH is 5. The van der Waals surface area contributed by atoms with Gasteiger partial charge in [-0.25, -0.2) is 4.39 Å². The van der Waals surface area contributed by atoms with Gasteiger partial charge in [0.1, 0.15) is 17.6 Å². The maximum Gasteiger partial charge on any atom is 0.266 e. The van der Waals surface area contributed by atoms with Gasteiger partial charge < -0.3 is 40.1 Å². The van der Waals surface area contributed by atoms with Gasteiger partial charge in [0.05, 0.1) is 59.6 Å². The van der Waals surface area contributed by atoms with Crippen molar-refractivity contribution in [3.63, 3.8) is 0 Å². The molecule has 0 spiro atoms. The Morgan fingerprint density at radius 2 is 1.32 bits per heavy atom. The number of hydrogen-bond acceptors (Lipinski definition) is 14. The van der Waals surface area contributed by atoms with E-state index >= 15 is 0 Å². The summed E-state index contributed by atoms with van der Waals surface area (Å²) in [7, 11) is 0. The lowest BCUT2D eigenvalue weighted by Gasteiger charge is -2.36. The molecule has 16 nitrogen and oxygen atoms in total. The van der Waals surface area contributed by atoms with Gasteiger partial charge in [-0.15, -0.1) is 0 Å². The van der Waals surface area contributed by atoms with Crippen LogP contribution in [0, 0.1) is 5.82 Å². The predicted octanol–water partition coefficient (Wildman–Crippen LogP) is 4.54. The molecule has 6 atom stereocenters. The number of carbonyl (C=O) groups excluding carboxylic acids is 5. The monoisotopic (exact) mass is 961 g/mol. The maximum atomic E-state index is 14.2. The first-order valence-corrected chi connectivity index (χ1v) is 24.8. The summed E-state index contributed by atoms with van der Waals surface area (Å²) in [5.41, 5.74) is 2.09. The second-order valence-corrected chi connectivity index (χ2v) is 19.4. The third kappa shape index (κ3) is 13.2. The number of aliphatic hydroxyl groups is 5. The molecule has 368 valence electrons. The molecule has 4 aliphatic rings. The molecule has 4 heterocycles. The number of rotatable bonds is 24. The third-order valence-corrected chi connectivity index (χ3v) is 14.5. The lowest BCUT2D eigenvalue weighted by Crippen LogP contribution is -2.54. The zero-order valence-electron chi connectivity index (χ0n) is 38.3. The molecule has 0 radical (unpaired) electrons. The number of para-hydroxylation sites is 1. The molecule has 0 saturated carbocycles. The molecule has 0 bridgehead atoms. The van der Waals surface area contributed by atoms with E-state index in [-0.39, 0.29) is 73.7 Å². The van der Waals surface area contributed by atoms with Gasteiger partial charge >= 0.3 is 0 Å². The molecule has 7 rings (SSSR count). The van der Waals surface area contributed by atoms with Crippen molar-refractivity contribution >= 4 is 52.7 Å². The number of nitrogens with zero attached hydrogens (tertiary/aromatic N) is 4. The molecule has 3 aromatic carbocycles. The minimum atomic E-state index is -1.10. The van der Waals surface area contributed by atoms with Gasteiger partial charge in [0, 0.05) is 61.8 Å². The minimum absolute atomic E-state index is 0.00571. The Bertz CT molecular complexity index is 2260. The fraction of sp³-hybridized carbons (Fsp3) is 0.540. The van der Waals surface area contributed by atoms with Gasteiger partial charge in [-0.2, -0.15) is 0 Å². The number of carbonyl (C=O) groups is 5. The van der Waals surface area contributed by atoms with Crippen molar-refractivity contribution in [2.24, 2.45) is 0 Å². The summed E-state index contributed by atoms with van der Waals surface area (Å²) in [6.45, 7) is 4.38. The Morgan fingerprint density at radius 3 is 1.99 bits per heavy atom. The molecular formula is C50H64FN5O11S. The van der Waals surface area contributed by atoms with Crippen molar-refractivity contribution in [1.82, 2.24) is 20.0 Å².